The molecule has 0 amide bonds. The zero-order chi connectivity index (χ0) is 24.5. The van der Waals surface area contributed by atoms with E-state index in [0.717, 1.165) is 33.8 Å². The molecule has 0 spiro atoms. The van der Waals surface area contributed by atoms with Crippen LogP contribution >= 0.6 is 0 Å². The first-order valence-corrected chi connectivity index (χ1v) is 11.2. The Morgan fingerprint density at radius 3 is 2.60 bits per heavy atom. The number of nitrogens with zero attached hydrogens (tertiary/aromatic N) is 3. The number of esters is 1. The van der Waals surface area contributed by atoms with Gasteiger partial charge in [0.25, 0.3) is 0 Å². The van der Waals surface area contributed by atoms with Crippen molar-refractivity contribution in [2.75, 3.05) is 19.1 Å². The van der Waals surface area contributed by atoms with E-state index in [1.54, 1.807) is 19.5 Å². The van der Waals surface area contributed by atoms with E-state index < -0.39 is 23.6 Å². The number of carbonyl (C=O) groups is 1. The average molecular weight is 475 g/mol. The highest BCUT2D eigenvalue weighted by molar-refractivity contribution is 5.91. The average Bonchev–Trinajstić information content (AvgIpc) is 3.18. The molecule has 3 heterocycles. The van der Waals surface area contributed by atoms with Gasteiger partial charge in [-0.3, -0.25) is 9.78 Å². The van der Waals surface area contributed by atoms with Crippen molar-refractivity contribution in [2.24, 2.45) is 0 Å². The van der Waals surface area contributed by atoms with Gasteiger partial charge in [0.05, 0.1) is 32.2 Å². The highest BCUT2D eigenvalue weighted by atomic mass is 19.1. The van der Waals surface area contributed by atoms with E-state index >= 15 is 0 Å². The normalized spacial score (nSPS) is 16.9. The van der Waals surface area contributed by atoms with E-state index in [-0.39, 0.29) is 18.9 Å². The molecule has 35 heavy (non-hydrogen) atoms. The quantitative estimate of drug-likeness (QED) is 0.366. The van der Waals surface area contributed by atoms with Gasteiger partial charge in [-0.1, -0.05) is 24.3 Å². The van der Waals surface area contributed by atoms with Crippen LogP contribution in [-0.2, 0) is 16.1 Å². The lowest BCUT2D eigenvalue weighted by molar-refractivity contribution is -0.141. The van der Waals surface area contributed by atoms with Gasteiger partial charge in [0.1, 0.15) is 11.6 Å². The zero-order valence-corrected chi connectivity index (χ0v) is 19.2. The van der Waals surface area contributed by atoms with Gasteiger partial charge >= 0.3 is 5.97 Å². The second-order valence-electron chi connectivity index (χ2n) is 8.36. The minimum absolute atomic E-state index is 0.0328. The Balaban J connectivity index is 1.75. The van der Waals surface area contributed by atoms with E-state index in [1.807, 2.05) is 41.3 Å². The van der Waals surface area contributed by atoms with E-state index in [0.29, 0.717) is 11.4 Å². The monoisotopic (exact) mass is 475 g/mol. The van der Waals surface area contributed by atoms with Crippen molar-refractivity contribution in [2.45, 2.75) is 24.9 Å². The van der Waals surface area contributed by atoms with Crippen LogP contribution in [-0.4, -0.2) is 36.2 Å². The maximum atomic E-state index is 14.7. The van der Waals surface area contributed by atoms with Crippen LogP contribution in [0.15, 0.2) is 67.0 Å². The van der Waals surface area contributed by atoms with Crippen LogP contribution in [0.4, 0.5) is 14.5 Å². The predicted octanol–water partition coefficient (Wildman–Crippen LogP) is 5.00. The number of carbonyl (C=O) groups excluding carboxylic acids is 1. The Labute approximate surface area is 201 Å². The van der Waals surface area contributed by atoms with Crippen LogP contribution in [0.1, 0.15) is 29.0 Å². The third-order valence-electron chi connectivity index (χ3n) is 6.48. The lowest BCUT2D eigenvalue weighted by Crippen LogP contribution is -2.36. The van der Waals surface area contributed by atoms with E-state index in [1.165, 1.54) is 19.2 Å². The van der Waals surface area contributed by atoms with E-state index in [9.17, 15) is 13.6 Å². The Kier molecular flexibility index (Phi) is 6.03. The summed E-state index contributed by atoms with van der Waals surface area (Å²) >= 11 is 0. The Hall–Kier alpha value is -4.07. The van der Waals surface area contributed by atoms with Gasteiger partial charge in [-0.25, -0.2) is 13.8 Å². The topological polar surface area (TPSA) is 64.5 Å². The van der Waals surface area contributed by atoms with Gasteiger partial charge in [-0.15, -0.1) is 0 Å². The largest absolute Gasteiger partial charge is 0.481 e. The fraction of sp³-hybridized carbons (Fsp3) is 0.222. The molecule has 0 bridgehead atoms. The van der Waals surface area contributed by atoms with Crippen LogP contribution in [0.2, 0.25) is 0 Å². The molecule has 5 rings (SSSR count). The van der Waals surface area contributed by atoms with Crippen molar-refractivity contribution in [3.63, 3.8) is 0 Å². The molecule has 8 heteroatoms. The lowest BCUT2D eigenvalue weighted by Gasteiger charge is -2.30. The maximum Gasteiger partial charge on any atom is 0.307 e. The predicted molar refractivity (Wildman–Crippen MR) is 127 cm³/mol. The van der Waals surface area contributed by atoms with Gasteiger partial charge in [0.15, 0.2) is 0 Å². The van der Waals surface area contributed by atoms with Gasteiger partial charge < -0.3 is 14.4 Å². The van der Waals surface area contributed by atoms with Gasteiger partial charge in [-0.05, 0) is 24.3 Å². The number of hydrogen-bond donors (Lipinski definition) is 0. The second-order valence-corrected chi connectivity index (χ2v) is 8.36. The Bertz CT molecular complexity index is 1410. The molecule has 0 saturated heterocycles. The summed E-state index contributed by atoms with van der Waals surface area (Å²) in [5.41, 5.74) is 3.57. The molecule has 0 radical (unpaired) electrons. The summed E-state index contributed by atoms with van der Waals surface area (Å²) in [4.78, 5) is 23.6. The van der Waals surface area contributed by atoms with Crippen LogP contribution in [0, 0.1) is 11.6 Å². The SMILES string of the molecule is COC(=O)CC1C(c2cccnc2OC)c2c(ccc3cccnc23)N1Cc1ccc(F)cc1F. The summed E-state index contributed by atoms with van der Waals surface area (Å²) < 4.78 is 38.9. The molecule has 1 aliphatic heterocycles. The number of aromatic nitrogens is 2. The summed E-state index contributed by atoms with van der Waals surface area (Å²) in [7, 11) is 2.88. The minimum Gasteiger partial charge on any atom is -0.481 e. The van der Waals surface area contributed by atoms with E-state index in [4.69, 9.17) is 9.47 Å². The summed E-state index contributed by atoms with van der Waals surface area (Å²) in [6.07, 6.45) is 3.39. The molecule has 4 aromatic rings. The molecule has 2 aromatic heterocycles. The molecule has 0 fully saturated rings. The third kappa shape index (κ3) is 4.05. The third-order valence-corrected chi connectivity index (χ3v) is 6.48. The number of methoxy groups -OCH3 is 2. The highest BCUT2D eigenvalue weighted by Crippen LogP contribution is 2.50. The highest BCUT2D eigenvalue weighted by Gasteiger charge is 2.43. The molecule has 178 valence electrons. The first-order valence-electron chi connectivity index (χ1n) is 11.2. The second kappa shape index (κ2) is 9.29. The van der Waals surface area contributed by atoms with Crippen molar-refractivity contribution in [3.8, 4) is 5.88 Å². The smallest absolute Gasteiger partial charge is 0.307 e. The number of pyridine rings is 2. The van der Waals surface area contributed by atoms with Crippen molar-refractivity contribution in [1.29, 1.82) is 0 Å². The molecule has 1 aliphatic rings. The molecule has 2 unspecified atom stereocenters. The molecule has 2 atom stereocenters. The molecule has 6 nitrogen and oxygen atoms in total. The number of rotatable bonds is 6. The van der Waals surface area contributed by atoms with Crippen molar-refractivity contribution in [1.82, 2.24) is 9.97 Å². The minimum atomic E-state index is -0.648. The summed E-state index contributed by atoms with van der Waals surface area (Å²) in [5.74, 6) is -1.63. The summed E-state index contributed by atoms with van der Waals surface area (Å²) in [6, 6.07) is 14.5. The molecular formula is C27H23F2N3O3. The number of halogens is 2. The number of anilines is 1. The molecule has 0 aliphatic carbocycles. The standard InChI is InChI=1S/C27H23F2N3O3/c1-34-23(33)14-22-24(19-6-4-12-31-27(19)35-2)25-21(10-8-16-5-3-11-30-26(16)25)32(22)15-17-7-9-18(28)13-20(17)29/h3-13,22,24H,14-15H2,1-2H3. The Morgan fingerprint density at radius 2 is 1.83 bits per heavy atom. The fourth-order valence-corrected chi connectivity index (χ4v) is 4.96. The molecule has 0 saturated carbocycles. The van der Waals surface area contributed by atoms with Crippen LogP contribution in [0.5, 0.6) is 5.88 Å². The molecule has 0 N–H and O–H groups in total. The summed E-state index contributed by atoms with van der Waals surface area (Å²) in [6.45, 7) is 0.123. The van der Waals surface area contributed by atoms with Gasteiger partial charge in [-0.2, -0.15) is 0 Å². The van der Waals surface area contributed by atoms with Crippen molar-refractivity contribution in [3.05, 3.63) is 95.3 Å². The number of benzene rings is 2. The lowest BCUT2D eigenvalue weighted by atomic mass is 9.85. The summed E-state index contributed by atoms with van der Waals surface area (Å²) in [5, 5.41) is 0.936. The molecular weight excluding hydrogens is 452 g/mol. The first-order chi connectivity index (χ1) is 17.0. The van der Waals surface area contributed by atoms with Crippen molar-refractivity contribution < 1.29 is 23.0 Å². The van der Waals surface area contributed by atoms with Crippen molar-refractivity contribution >= 4 is 22.6 Å². The number of fused-ring (bicyclic) bond motifs is 3. The number of hydrogen-bond acceptors (Lipinski definition) is 6. The van der Waals surface area contributed by atoms with Gasteiger partial charge in [0.2, 0.25) is 5.88 Å². The van der Waals surface area contributed by atoms with Crippen LogP contribution in [0.3, 0.4) is 0 Å². The Morgan fingerprint density at radius 1 is 1.03 bits per heavy atom. The zero-order valence-electron chi connectivity index (χ0n) is 19.2. The first kappa shape index (κ1) is 22.7. The van der Waals surface area contributed by atoms with Crippen LogP contribution < -0.4 is 9.64 Å². The van der Waals surface area contributed by atoms with Gasteiger partial charge in [0, 0.05) is 58.7 Å². The van der Waals surface area contributed by atoms with E-state index in [2.05, 4.69) is 9.97 Å². The fourth-order valence-electron chi connectivity index (χ4n) is 4.96. The van der Waals surface area contributed by atoms with Crippen LogP contribution in [0.25, 0.3) is 10.9 Å². The maximum absolute atomic E-state index is 14.7. The number of ether oxygens (including phenoxy) is 2. The molecule has 2 aromatic carbocycles.